The van der Waals surface area contributed by atoms with Crippen LogP contribution in [0.3, 0.4) is 0 Å². The largest absolute Gasteiger partial charge is 0.504 e. The van der Waals surface area contributed by atoms with Crippen molar-refractivity contribution in [3.8, 4) is 11.5 Å². The summed E-state index contributed by atoms with van der Waals surface area (Å²) in [6.45, 7) is 3.70. The van der Waals surface area contributed by atoms with E-state index in [1.807, 2.05) is 24.5 Å². The highest BCUT2D eigenvalue weighted by molar-refractivity contribution is 7.19. The standard InChI is InChI=1S/C33H37NO4S/c1-36-33-11-10-31(16-23(33)18-37-19-24-14-21-4-2-3-5-26(21)39-24)27-15-22-8-9-25(35)29-28(22)32(31,30(33)38-29)12-13-34(27)17-20-6-7-20/h2-5,8-9,14,20,23,27,30,35H,6-7,10-13,15-19H2,1H3/t23-,27+,30+,31+,32?,33?/m0/s1. The average Bonchev–Trinajstić information content (AvgIpc) is 3.54. The van der Waals surface area contributed by atoms with E-state index in [1.165, 1.54) is 51.9 Å². The van der Waals surface area contributed by atoms with Gasteiger partial charge in [-0.15, -0.1) is 11.3 Å². The monoisotopic (exact) mass is 543 g/mol. The first-order valence-electron chi connectivity index (χ1n) is 14.9. The van der Waals surface area contributed by atoms with Gasteiger partial charge in [-0.25, -0.2) is 0 Å². The molecule has 4 saturated carbocycles. The number of likely N-dealkylation sites (tertiary alicyclic amines) is 1. The van der Waals surface area contributed by atoms with Crippen LogP contribution in [0.1, 0.15) is 54.5 Å². The van der Waals surface area contributed by atoms with E-state index in [2.05, 4.69) is 41.3 Å². The van der Waals surface area contributed by atoms with Crippen LogP contribution in [0.4, 0.5) is 0 Å². The third-order valence-corrected chi connectivity index (χ3v) is 12.9. The fourth-order valence-electron chi connectivity index (χ4n) is 10.2. The molecule has 5 nitrogen and oxygen atoms in total. The number of hydrogen-bond donors (Lipinski definition) is 1. The lowest BCUT2D eigenvalue weighted by atomic mass is 9.35. The maximum absolute atomic E-state index is 11.0. The normalized spacial score (nSPS) is 37.7. The highest BCUT2D eigenvalue weighted by Gasteiger charge is 2.80. The van der Waals surface area contributed by atoms with E-state index >= 15 is 0 Å². The zero-order valence-electron chi connectivity index (χ0n) is 22.7. The molecule has 2 spiro atoms. The Bertz CT molecular complexity index is 1450. The summed E-state index contributed by atoms with van der Waals surface area (Å²) in [5.41, 5.74) is 2.40. The Hall–Kier alpha value is -2.12. The zero-order valence-corrected chi connectivity index (χ0v) is 23.5. The Morgan fingerprint density at radius 3 is 2.87 bits per heavy atom. The summed E-state index contributed by atoms with van der Waals surface area (Å²) in [6.07, 6.45) is 8.19. The topological polar surface area (TPSA) is 51.2 Å². The maximum atomic E-state index is 11.0. The number of rotatable bonds is 7. The Balaban J connectivity index is 1.10. The van der Waals surface area contributed by atoms with Gasteiger partial charge >= 0.3 is 0 Å². The van der Waals surface area contributed by atoms with Gasteiger partial charge in [0.2, 0.25) is 0 Å². The highest BCUT2D eigenvalue weighted by Crippen LogP contribution is 2.76. The first-order chi connectivity index (χ1) is 19.1. The minimum atomic E-state index is -0.398. The molecule has 7 aliphatic rings. The van der Waals surface area contributed by atoms with Gasteiger partial charge in [0.25, 0.3) is 0 Å². The van der Waals surface area contributed by atoms with Gasteiger partial charge in [-0.05, 0) is 86.6 Å². The summed E-state index contributed by atoms with van der Waals surface area (Å²) in [5.74, 6) is 2.21. The molecular formula is C33H37NO4S. The summed E-state index contributed by atoms with van der Waals surface area (Å²) in [5, 5.41) is 12.3. The Labute approximate surface area is 234 Å². The molecule has 1 aromatic heterocycles. The van der Waals surface area contributed by atoms with Crippen molar-refractivity contribution in [1.29, 1.82) is 0 Å². The van der Waals surface area contributed by atoms with Crippen LogP contribution < -0.4 is 4.74 Å². The van der Waals surface area contributed by atoms with Gasteiger partial charge in [0, 0.05) is 51.6 Å². The molecule has 3 aromatic rings. The number of hydrogen-bond acceptors (Lipinski definition) is 6. The summed E-state index contributed by atoms with van der Waals surface area (Å²) in [7, 11) is 1.89. The van der Waals surface area contributed by atoms with Gasteiger partial charge in [-0.2, -0.15) is 0 Å². The number of piperidine rings is 1. The van der Waals surface area contributed by atoms with Crippen molar-refractivity contribution in [2.75, 3.05) is 26.8 Å². The molecule has 2 unspecified atom stereocenters. The molecule has 0 amide bonds. The van der Waals surface area contributed by atoms with Crippen LogP contribution in [0.5, 0.6) is 11.5 Å². The van der Waals surface area contributed by atoms with E-state index in [4.69, 9.17) is 14.2 Å². The summed E-state index contributed by atoms with van der Waals surface area (Å²) in [4.78, 5) is 4.15. The van der Waals surface area contributed by atoms with E-state index in [9.17, 15) is 5.11 Å². The number of phenols is 1. The second-order valence-corrected chi connectivity index (χ2v) is 14.5. The molecule has 3 heterocycles. The van der Waals surface area contributed by atoms with Crippen molar-refractivity contribution in [2.24, 2.45) is 17.3 Å². The fourth-order valence-corrected chi connectivity index (χ4v) is 11.2. The third kappa shape index (κ3) is 2.91. The van der Waals surface area contributed by atoms with Crippen LogP contribution in [0.25, 0.3) is 10.1 Å². The number of aromatic hydroxyl groups is 1. The highest BCUT2D eigenvalue weighted by atomic mass is 32.1. The van der Waals surface area contributed by atoms with Gasteiger partial charge < -0.3 is 19.3 Å². The van der Waals surface area contributed by atoms with Gasteiger partial charge in [0.05, 0.1) is 13.2 Å². The van der Waals surface area contributed by atoms with Crippen molar-refractivity contribution >= 4 is 21.4 Å². The molecule has 5 fully saturated rings. The molecule has 0 radical (unpaired) electrons. The Morgan fingerprint density at radius 1 is 1.13 bits per heavy atom. The molecule has 1 N–H and O–H groups in total. The molecule has 5 aliphatic carbocycles. The number of ether oxygens (including phenoxy) is 3. The summed E-state index contributed by atoms with van der Waals surface area (Å²) >= 11 is 1.83. The number of benzene rings is 2. The van der Waals surface area contributed by atoms with Gasteiger partial charge in [-0.3, -0.25) is 4.90 Å². The second kappa shape index (κ2) is 8.00. The minimum absolute atomic E-state index is 0.0663. The molecule has 1 saturated heterocycles. The predicted molar refractivity (Wildman–Crippen MR) is 152 cm³/mol. The van der Waals surface area contributed by atoms with Crippen LogP contribution in [0.2, 0.25) is 0 Å². The van der Waals surface area contributed by atoms with E-state index in [1.54, 1.807) is 0 Å². The number of nitrogens with zero attached hydrogens (tertiary/aromatic N) is 1. The van der Waals surface area contributed by atoms with Gasteiger partial charge in [0.1, 0.15) is 11.7 Å². The van der Waals surface area contributed by atoms with Crippen LogP contribution in [0.15, 0.2) is 42.5 Å². The maximum Gasteiger partial charge on any atom is 0.165 e. The average molecular weight is 544 g/mol. The van der Waals surface area contributed by atoms with Crippen molar-refractivity contribution in [3.05, 3.63) is 58.5 Å². The third-order valence-electron chi connectivity index (χ3n) is 11.8. The van der Waals surface area contributed by atoms with Crippen LogP contribution in [0, 0.1) is 17.3 Å². The lowest BCUT2D eigenvalue weighted by molar-refractivity contribution is -0.283. The molecule has 204 valence electrons. The Kier molecular flexibility index (Phi) is 4.83. The van der Waals surface area contributed by atoms with Gasteiger partial charge in [0.15, 0.2) is 11.5 Å². The molecular weight excluding hydrogens is 506 g/mol. The first kappa shape index (κ1) is 23.6. The molecule has 6 atom stereocenters. The molecule has 2 aliphatic heterocycles. The van der Waals surface area contributed by atoms with E-state index in [0.717, 1.165) is 43.9 Å². The van der Waals surface area contributed by atoms with E-state index in [-0.39, 0.29) is 22.9 Å². The van der Waals surface area contributed by atoms with E-state index < -0.39 is 5.60 Å². The van der Waals surface area contributed by atoms with Crippen molar-refractivity contribution < 1.29 is 19.3 Å². The van der Waals surface area contributed by atoms with Crippen molar-refractivity contribution in [1.82, 2.24) is 4.90 Å². The smallest absolute Gasteiger partial charge is 0.165 e. The summed E-state index contributed by atoms with van der Waals surface area (Å²) in [6, 6.07) is 15.4. The lowest BCUT2D eigenvalue weighted by Gasteiger charge is -2.74. The number of phenolic OH excluding ortho intramolecular Hbond substituents is 1. The van der Waals surface area contributed by atoms with Crippen LogP contribution in [-0.2, 0) is 27.9 Å². The van der Waals surface area contributed by atoms with E-state index in [0.29, 0.717) is 25.0 Å². The Morgan fingerprint density at radius 2 is 2.03 bits per heavy atom. The molecule has 4 bridgehead atoms. The predicted octanol–water partition coefficient (Wildman–Crippen LogP) is 6.05. The van der Waals surface area contributed by atoms with Crippen LogP contribution in [-0.4, -0.2) is 54.6 Å². The summed E-state index contributed by atoms with van der Waals surface area (Å²) < 4.78 is 21.4. The quantitative estimate of drug-likeness (QED) is 0.393. The second-order valence-electron chi connectivity index (χ2n) is 13.3. The molecule has 10 rings (SSSR count). The van der Waals surface area contributed by atoms with Gasteiger partial charge in [-0.1, -0.05) is 24.3 Å². The number of thiophene rings is 1. The fraction of sp³-hybridized carbons (Fsp3) is 0.576. The minimum Gasteiger partial charge on any atom is -0.504 e. The zero-order chi connectivity index (χ0) is 26.0. The SMILES string of the molecule is COC12CC[C@@]3(C[C@H]1COCc1cc4ccccc4s1)[C@H]1Cc4ccc(O)c5c4C3(CCN1CC1CC1)[C@H]2O5. The molecule has 2 aromatic carbocycles. The van der Waals surface area contributed by atoms with Crippen LogP contribution >= 0.6 is 11.3 Å². The van der Waals surface area contributed by atoms with Crippen molar-refractivity contribution in [2.45, 2.75) is 74.7 Å². The lowest BCUT2D eigenvalue weighted by Crippen LogP contribution is -2.81. The van der Waals surface area contributed by atoms with Crippen molar-refractivity contribution in [3.63, 3.8) is 0 Å². The number of fused-ring (bicyclic) bond motifs is 3. The molecule has 6 heteroatoms. The first-order valence-corrected chi connectivity index (χ1v) is 15.8. The number of methoxy groups -OCH3 is 1. The molecule has 39 heavy (non-hydrogen) atoms.